The molecular formula is C15H19FN2O3. The van der Waals surface area contributed by atoms with E-state index in [-0.39, 0.29) is 29.5 Å². The van der Waals surface area contributed by atoms with Crippen LogP contribution in [-0.4, -0.2) is 25.5 Å². The molecule has 2 rings (SSSR count). The highest BCUT2D eigenvalue weighted by Crippen LogP contribution is 2.22. The maximum Gasteiger partial charge on any atom is 0.225 e. The molecule has 2 unspecified atom stereocenters. The normalized spacial score (nSPS) is 19.6. The van der Waals surface area contributed by atoms with Crippen molar-refractivity contribution in [3.63, 3.8) is 0 Å². The third kappa shape index (κ3) is 3.71. The van der Waals surface area contributed by atoms with Crippen LogP contribution in [0.4, 0.5) is 4.39 Å². The summed E-state index contributed by atoms with van der Waals surface area (Å²) in [6.45, 7) is 2.15. The number of rotatable bonds is 4. The highest BCUT2D eigenvalue weighted by molar-refractivity contribution is 5.83. The SMILES string of the molecule is COc1ccc(C(C)NC(=O)C2CCC(=O)NC2)cc1F. The number of hydrogen-bond donors (Lipinski definition) is 2. The Balaban J connectivity index is 1.97. The molecule has 21 heavy (non-hydrogen) atoms. The molecule has 2 amide bonds. The molecule has 1 aromatic carbocycles. The van der Waals surface area contributed by atoms with Gasteiger partial charge in [0.15, 0.2) is 11.6 Å². The topological polar surface area (TPSA) is 67.4 Å². The standard InChI is InChI=1S/C15H19FN2O3/c1-9(10-3-5-13(21-2)12(16)7-10)18-15(20)11-4-6-14(19)17-8-11/h3,5,7,9,11H,4,6,8H2,1-2H3,(H,17,19)(H,18,20). The lowest BCUT2D eigenvalue weighted by Crippen LogP contribution is -2.43. The summed E-state index contributed by atoms with van der Waals surface area (Å²) < 4.78 is 18.5. The van der Waals surface area contributed by atoms with E-state index >= 15 is 0 Å². The number of carbonyl (C=O) groups is 2. The predicted octanol–water partition coefficient (Wildman–Crippen LogP) is 1.54. The van der Waals surface area contributed by atoms with Gasteiger partial charge in [0.05, 0.1) is 19.1 Å². The number of amides is 2. The lowest BCUT2D eigenvalue weighted by Gasteiger charge is -2.24. The second-order valence-corrected chi connectivity index (χ2v) is 5.16. The molecule has 1 saturated heterocycles. The zero-order chi connectivity index (χ0) is 15.4. The van der Waals surface area contributed by atoms with E-state index in [1.807, 2.05) is 0 Å². The molecule has 1 aliphatic heterocycles. The fourth-order valence-electron chi connectivity index (χ4n) is 2.32. The van der Waals surface area contributed by atoms with Crippen molar-refractivity contribution in [2.24, 2.45) is 5.92 Å². The van der Waals surface area contributed by atoms with Crippen molar-refractivity contribution < 1.29 is 18.7 Å². The van der Waals surface area contributed by atoms with E-state index in [0.717, 1.165) is 0 Å². The van der Waals surface area contributed by atoms with Gasteiger partial charge in [-0.1, -0.05) is 6.07 Å². The molecule has 5 nitrogen and oxygen atoms in total. The van der Waals surface area contributed by atoms with E-state index in [4.69, 9.17) is 4.74 Å². The Morgan fingerprint density at radius 1 is 1.52 bits per heavy atom. The van der Waals surface area contributed by atoms with E-state index in [1.165, 1.54) is 19.2 Å². The first-order valence-electron chi connectivity index (χ1n) is 6.91. The first kappa shape index (κ1) is 15.3. The van der Waals surface area contributed by atoms with Crippen LogP contribution >= 0.6 is 0 Å². The fourth-order valence-corrected chi connectivity index (χ4v) is 2.32. The zero-order valence-corrected chi connectivity index (χ0v) is 12.1. The number of methoxy groups -OCH3 is 1. The van der Waals surface area contributed by atoms with Gasteiger partial charge in [0, 0.05) is 13.0 Å². The first-order chi connectivity index (χ1) is 10.0. The number of carbonyl (C=O) groups excluding carboxylic acids is 2. The summed E-state index contributed by atoms with van der Waals surface area (Å²) in [6.07, 6.45) is 0.908. The van der Waals surface area contributed by atoms with Gasteiger partial charge in [-0.3, -0.25) is 9.59 Å². The minimum Gasteiger partial charge on any atom is -0.494 e. The maximum absolute atomic E-state index is 13.7. The number of piperidine rings is 1. The van der Waals surface area contributed by atoms with Crippen molar-refractivity contribution in [1.29, 1.82) is 0 Å². The van der Waals surface area contributed by atoms with Crippen molar-refractivity contribution in [1.82, 2.24) is 10.6 Å². The Labute approximate surface area is 122 Å². The van der Waals surface area contributed by atoms with Crippen molar-refractivity contribution in [2.75, 3.05) is 13.7 Å². The number of hydrogen-bond acceptors (Lipinski definition) is 3. The zero-order valence-electron chi connectivity index (χ0n) is 12.1. The molecule has 0 aliphatic carbocycles. The Morgan fingerprint density at radius 2 is 2.29 bits per heavy atom. The van der Waals surface area contributed by atoms with E-state index < -0.39 is 5.82 Å². The quantitative estimate of drug-likeness (QED) is 0.885. The van der Waals surface area contributed by atoms with Crippen LogP contribution < -0.4 is 15.4 Å². The van der Waals surface area contributed by atoms with Crippen LogP contribution in [-0.2, 0) is 9.59 Å². The van der Waals surface area contributed by atoms with Crippen LogP contribution in [0.5, 0.6) is 5.75 Å². The van der Waals surface area contributed by atoms with Gasteiger partial charge in [-0.25, -0.2) is 4.39 Å². The van der Waals surface area contributed by atoms with Crippen LogP contribution in [0, 0.1) is 11.7 Å². The lowest BCUT2D eigenvalue weighted by molar-refractivity contribution is -0.129. The first-order valence-corrected chi connectivity index (χ1v) is 6.91. The Morgan fingerprint density at radius 3 is 2.86 bits per heavy atom. The van der Waals surface area contributed by atoms with Gasteiger partial charge >= 0.3 is 0 Å². The summed E-state index contributed by atoms with van der Waals surface area (Å²) in [4.78, 5) is 23.2. The molecule has 0 spiro atoms. The maximum atomic E-state index is 13.7. The molecule has 2 atom stereocenters. The summed E-state index contributed by atoms with van der Waals surface area (Å²) in [5.74, 6) is -0.662. The monoisotopic (exact) mass is 294 g/mol. The Hall–Kier alpha value is -2.11. The second-order valence-electron chi connectivity index (χ2n) is 5.16. The van der Waals surface area contributed by atoms with E-state index in [2.05, 4.69) is 10.6 Å². The lowest BCUT2D eigenvalue weighted by atomic mass is 9.97. The second kappa shape index (κ2) is 6.56. The van der Waals surface area contributed by atoms with E-state index in [0.29, 0.717) is 24.9 Å². The molecule has 1 fully saturated rings. The smallest absolute Gasteiger partial charge is 0.225 e. The molecule has 1 aliphatic rings. The number of ether oxygens (including phenoxy) is 1. The molecular weight excluding hydrogens is 275 g/mol. The molecule has 1 aromatic rings. The number of nitrogens with one attached hydrogen (secondary N) is 2. The Bertz CT molecular complexity index is 538. The third-order valence-corrected chi connectivity index (χ3v) is 3.67. The summed E-state index contributed by atoms with van der Waals surface area (Å²) in [7, 11) is 1.40. The van der Waals surface area contributed by atoms with E-state index in [1.54, 1.807) is 13.0 Å². The molecule has 0 radical (unpaired) electrons. The van der Waals surface area contributed by atoms with Gasteiger partial charge < -0.3 is 15.4 Å². The summed E-state index contributed by atoms with van der Waals surface area (Å²) in [5, 5.41) is 5.52. The molecule has 1 heterocycles. The molecule has 6 heteroatoms. The van der Waals surface area contributed by atoms with Gasteiger partial charge in [0.25, 0.3) is 0 Å². The van der Waals surface area contributed by atoms with Crippen molar-refractivity contribution in [3.8, 4) is 5.75 Å². The average Bonchev–Trinajstić information content (AvgIpc) is 2.47. The van der Waals surface area contributed by atoms with Crippen molar-refractivity contribution in [3.05, 3.63) is 29.6 Å². The highest BCUT2D eigenvalue weighted by Gasteiger charge is 2.25. The molecule has 114 valence electrons. The average molecular weight is 294 g/mol. The van der Waals surface area contributed by atoms with Crippen LogP contribution in [0.2, 0.25) is 0 Å². The fraction of sp³-hybridized carbons (Fsp3) is 0.467. The highest BCUT2D eigenvalue weighted by atomic mass is 19.1. The molecule has 0 aromatic heterocycles. The van der Waals surface area contributed by atoms with Crippen molar-refractivity contribution in [2.45, 2.75) is 25.8 Å². The van der Waals surface area contributed by atoms with Gasteiger partial charge in [-0.05, 0) is 31.0 Å². The Kier molecular flexibility index (Phi) is 4.77. The summed E-state index contributed by atoms with van der Waals surface area (Å²) in [6, 6.07) is 4.30. The molecule has 0 saturated carbocycles. The van der Waals surface area contributed by atoms with Gasteiger partial charge in [-0.2, -0.15) is 0 Å². The largest absolute Gasteiger partial charge is 0.494 e. The van der Waals surface area contributed by atoms with Gasteiger partial charge in [0.1, 0.15) is 0 Å². The summed E-state index contributed by atoms with van der Waals surface area (Å²) >= 11 is 0. The van der Waals surface area contributed by atoms with E-state index in [9.17, 15) is 14.0 Å². The minimum atomic E-state index is -0.457. The van der Waals surface area contributed by atoms with Crippen LogP contribution in [0.3, 0.4) is 0 Å². The predicted molar refractivity (Wildman–Crippen MR) is 75.2 cm³/mol. The summed E-state index contributed by atoms with van der Waals surface area (Å²) in [5.41, 5.74) is 0.668. The number of benzene rings is 1. The number of halogens is 1. The molecule has 0 bridgehead atoms. The van der Waals surface area contributed by atoms with Gasteiger partial charge in [0.2, 0.25) is 11.8 Å². The molecule has 2 N–H and O–H groups in total. The van der Waals surface area contributed by atoms with Crippen LogP contribution in [0.15, 0.2) is 18.2 Å². The van der Waals surface area contributed by atoms with Gasteiger partial charge in [-0.15, -0.1) is 0 Å². The van der Waals surface area contributed by atoms with Crippen molar-refractivity contribution >= 4 is 11.8 Å². The minimum absolute atomic E-state index is 0.0238. The third-order valence-electron chi connectivity index (χ3n) is 3.67. The van der Waals surface area contributed by atoms with Crippen LogP contribution in [0.25, 0.3) is 0 Å². The van der Waals surface area contributed by atoms with Crippen LogP contribution in [0.1, 0.15) is 31.4 Å².